The highest BCUT2D eigenvalue weighted by atomic mass is 16.5. The summed E-state index contributed by atoms with van der Waals surface area (Å²) >= 11 is 0. The molecule has 2 heterocycles. The Balaban J connectivity index is 0.000000180. The Kier molecular flexibility index (Phi) is 7.92. The van der Waals surface area contributed by atoms with Crippen LogP contribution >= 0.6 is 0 Å². The molecule has 2 nitrogen and oxygen atoms in total. The molecule has 2 aliphatic heterocycles. The van der Waals surface area contributed by atoms with Gasteiger partial charge in [0.15, 0.2) is 0 Å². The van der Waals surface area contributed by atoms with E-state index >= 15 is 0 Å². The molecule has 2 rings (SSSR count). The molecule has 2 aliphatic rings. The molecule has 108 valence electrons. The monoisotopic (exact) mass is 256 g/mol. The van der Waals surface area contributed by atoms with Gasteiger partial charge in [-0.2, -0.15) is 0 Å². The SMILES string of the molecule is CC(C)C1CCCCO1.CC(C)C1CCOCC1. The predicted molar refractivity (Wildman–Crippen MR) is 76.8 cm³/mol. The third-order valence-corrected chi connectivity index (χ3v) is 4.17. The minimum absolute atomic E-state index is 0.554. The topological polar surface area (TPSA) is 18.5 Å². The second-order valence-electron chi connectivity index (χ2n) is 6.34. The summed E-state index contributed by atoms with van der Waals surface area (Å²) in [5, 5.41) is 0. The van der Waals surface area contributed by atoms with Crippen LogP contribution in [0.2, 0.25) is 0 Å². The highest BCUT2D eigenvalue weighted by molar-refractivity contribution is 4.66. The molecular formula is C16H32O2. The van der Waals surface area contributed by atoms with Crippen LogP contribution in [0.15, 0.2) is 0 Å². The highest BCUT2D eigenvalue weighted by Crippen LogP contribution is 2.22. The van der Waals surface area contributed by atoms with Crippen molar-refractivity contribution in [3.63, 3.8) is 0 Å². The van der Waals surface area contributed by atoms with E-state index in [1.807, 2.05) is 0 Å². The average Bonchev–Trinajstić information content (AvgIpc) is 2.41. The molecule has 0 amide bonds. The third kappa shape index (κ3) is 6.19. The molecule has 0 aromatic heterocycles. The smallest absolute Gasteiger partial charge is 0.0598 e. The zero-order valence-corrected chi connectivity index (χ0v) is 12.8. The van der Waals surface area contributed by atoms with Crippen LogP contribution in [0.4, 0.5) is 0 Å². The maximum Gasteiger partial charge on any atom is 0.0598 e. The predicted octanol–water partition coefficient (Wildman–Crippen LogP) is 4.28. The van der Waals surface area contributed by atoms with E-state index in [1.165, 1.54) is 32.1 Å². The van der Waals surface area contributed by atoms with Gasteiger partial charge in [-0.25, -0.2) is 0 Å². The summed E-state index contributed by atoms with van der Waals surface area (Å²) in [6.45, 7) is 12.0. The fourth-order valence-corrected chi connectivity index (χ4v) is 2.67. The fourth-order valence-electron chi connectivity index (χ4n) is 2.67. The van der Waals surface area contributed by atoms with Crippen molar-refractivity contribution in [3.8, 4) is 0 Å². The van der Waals surface area contributed by atoms with Crippen LogP contribution in [0, 0.1) is 17.8 Å². The molecule has 2 heteroatoms. The molecule has 0 saturated carbocycles. The van der Waals surface area contributed by atoms with Gasteiger partial charge < -0.3 is 9.47 Å². The lowest BCUT2D eigenvalue weighted by Gasteiger charge is -2.25. The number of hydrogen-bond acceptors (Lipinski definition) is 2. The first-order valence-electron chi connectivity index (χ1n) is 7.80. The summed E-state index contributed by atoms with van der Waals surface area (Å²) in [5.41, 5.74) is 0. The lowest BCUT2D eigenvalue weighted by Crippen LogP contribution is -2.24. The zero-order chi connectivity index (χ0) is 13.4. The van der Waals surface area contributed by atoms with Crippen LogP contribution in [0.25, 0.3) is 0 Å². The Bertz CT molecular complexity index is 167. The van der Waals surface area contributed by atoms with Gasteiger partial charge in [0.25, 0.3) is 0 Å². The Morgan fingerprint density at radius 2 is 1.44 bits per heavy atom. The lowest BCUT2D eigenvalue weighted by molar-refractivity contribution is -0.0115. The van der Waals surface area contributed by atoms with Crippen molar-refractivity contribution >= 4 is 0 Å². The highest BCUT2D eigenvalue weighted by Gasteiger charge is 2.16. The summed E-state index contributed by atoms with van der Waals surface area (Å²) < 4.78 is 10.8. The summed E-state index contributed by atoms with van der Waals surface area (Å²) in [6.07, 6.45) is 7.01. The summed E-state index contributed by atoms with van der Waals surface area (Å²) in [5.74, 6) is 2.50. The van der Waals surface area contributed by atoms with Gasteiger partial charge in [-0.15, -0.1) is 0 Å². The van der Waals surface area contributed by atoms with Crippen LogP contribution in [0.3, 0.4) is 0 Å². The Labute approximate surface area is 113 Å². The van der Waals surface area contributed by atoms with Crippen molar-refractivity contribution in [1.29, 1.82) is 0 Å². The average molecular weight is 256 g/mol. The Hall–Kier alpha value is -0.0800. The lowest BCUT2D eigenvalue weighted by atomic mass is 9.89. The molecule has 2 fully saturated rings. The molecule has 1 unspecified atom stereocenters. The molecule has 0 spiro atoms. The van der Waals surface area contributed by atoms with E-state index in [4.69, 9.17) is 9.47 Å². The van der Waals surface area contributed by atoms with Gasteiger partial charge >= 0.3 is 0 Å². The van der Waals surface area contributed by atoms with Crippen molar-refractivity contribution in [2.45, 2.75) is 65.9 Å². The van der Waals surface area contributed by atoms with Crippen molar-refractivity contribution < 1.29 is 9.47 Å². The Morgan fingerprint density at radius 3 is 1.78 bits per heavy atom. The standard InChI is InChI=1S/2C8H16O/c1-7(2)8-3-5-9-6-4-8;1-7(2)8-5-3-4-6-9-8/h2*7-8H,3-6H2,1-2H3. The van der Waals surface area contributed by atoms with E-state index in [0.29, 0.717) is 12.0 Å². The van der Waals surface area contributed by atoms with Crippen molar-refractivity contribution in [2.24, 2.45) is 17.8 Å². The van der Waals surface area contributed by atoms with Crippen LogP contribution in [0.1, 0.15) is 59.8 Å². The quantitative estimate of drug-likeness (QED) is 0.734. The van der Waals surface area contributed by atoms with E-state index in [0.717, 1.165) is 31.7 Å². The molecule has 0 N–H and O–H groups in total. The van der Waals surface area contributed by atoms with Crippen molar-refractivity contribution in [3.05, 3.63) is 0 Å². The van der Waals surface area contributed by atoms with E-state index in [9.17, 15) is 0 Å². The van der Waals surface area contributed by atoms with Crippen molar-refractivity contribution in [1.82, 2.24) is 0 Å². The minimum Gasteiger partial charge on any atom is -0.381 e. The summed E-state index contributed by atoms with van der Waals surface area (Å²) in [4.78, 5) is 0. The van der Waals surface area contributed by atoms with E-state index in [2.05, 4.69) is 27.7 Å². The van der Waals surface area contributed by atoms with Gasteiger partial charge in [0.1, 0.15) is 0 Å². The van der Waals surface area contributed by atoms with Gasteiger partial charge in [0.2, 0.25) is 0 Å². The second-order valence-corrected chi connectivity index (χ2v) is 6.34. The maximum atomic E-state index is 5.54. The molecule has 2 saturated heterocycles. The number of ether oxygens (including phenoxy) is 2. The summed E-state index contributed by atoms with van der Waals surface area (Å²) in [7, 11) is 0. The van der Waals surface area contributed by atoms with Crippen LogP contribution < -0.4 is 0 Å². The number of hydrogen-bond donors (Lipinski definition) is 0. The molecule has 0 aliphatic carbocycles. The van der Waals surface area contributed by atoms with Gasteiger partial charge in [-0.1, -0.05) is 27.7 Å². The number of rotatable bonds is 2. The molecule has 0 bridgehead atoms. The zero-order valence-electron chi connectivity index (χ0n) is 12.8. The largest absolute Gasteiger partial charge is 0.381 e. The third-order valence-electron chi connectivity index (χ3n) is 4.17. The second kappa shape index (κ2) is 8.92. The first-order valence-corrected chi connectivity index (χ1v) is 7.80. The van der Waals surface area contributed by atoms with Crippen molar-refractivity contribution in [2.75, 3.05) is 19.8 Å². The van der Waals surface area contributed by atoms with E-state index < -0.39 is 0 Å². The fraction of sp³-hybridized carbons (Fsp3) is 1.00. The van der Waals surface area contributed by atoms with E-state index in [1.54, 1.807) is 0 Å². The normalized spacial score (nSPS) is 26.0. The molecule has 0 aromatic carbocycles. The van der Waals surface area contributed by atoms with Gasteiger partial charge in [0.05, 0.1) is 6.10 Å². The van der Waals surface area contributed by atoms with Crippen LogP contribution in [-0.4, -0.2) is 25.9 Å². The van der Waals surface area contributed by atoms with E-state index in [-0.39, 0.29) is 0 Å². The summed E-state index contributed by atoms with van der Waals surface area (Å²) in [6, 6.07) is 0. The van der Waals surface area contributed by atoms with Gasteiger partial charge in [-0.3, -0.25) is 0 Å². The Morgan fingerprint density at radius 1 is 0.778 bits per heavy atom. The van der Waals surface area contributed by atoms with Gasteiger partial charge in [0, 0.05) is 19.8 Å². The molecule has 18 heavy (non-hydrogen) atoms. The molecule has 1 atom stereocenters. The van der Waals surface area contributed by atoms with Crippen LogP contribution in [0.5, 0.6) is 0 Å². The molecular weight excluding hydrogens is 224 g/mol. The first kappa shape index (κ1) is 16.0. The van der Waals surface area contributed by atoms with Gasteiger partial charge in [-0.05, 0) is 49.9 Å². The molecule has 0 aromatic rings. The minimum atomic E-state index is 0.554. The van der Waals surface area contributed by atoms with Crippen LogP contribution in [-0.2, 0) is 9.47 Å². The maximum absolute atomic E-state index is 5.54. The first-order chi connectivity index (χ1) is 8.61. The molecule has 0 radical (unpaired) electrons.